The van der Waals surface area contributed by atoms with Crippen LogP contribution in [0.5, 0.6) is 0 Å². The standard InChI is InChI=1S/C12H16F3NO3S/c13-12(14,15)20(18,19)16-10(17)11-4-7-1-8(5-11)3-9(2-7)6-11/h7-9H,1-6H2,(H,16,17)/p-1. The van der Waals surface area contributed by atoms with Crippen molar-refractivity contribution in [2.24, 2.45) is 27.6 Å². The molecule has 114 valence electrons. The van der Waals surface area contributed by atoms with Crippen LogP contribution in [0, 0.1) is 23.2 Å². The molecule has 4 bridgehead atoms. The van der Waals surface area contributed by atoms with E-state index in [0.717, 1.165) is 19.3 Å². The summed E-state index contributed by atoms with van der Waals surface area (Å²) in [5, 5.41) is 12.1. The summed E-state index contributed by atoms with van der Waals surface area (Å²) in [6, 6.07) is 0. The highest BCUT2D eigenvalue weighted by Gasteiger charge is 2.52. The van der Waals surface area contributed by atoms with Crippen molar-refractivity contribution in [2.45, 2.75) is 44.0 Å². The van der Waals surface area contributed by atoms with E-state index in [1.807, 2.05) is 0 Å². The summed E-state index contributed by atoms with van der Waals surface area (Å²) in [7, 11) is -5.72. The van der Waals surface area contributed by atoms with Gasteiger partial charge in [0, 0.05) is 5.41 Å². The van der Waals surface area contributed by atoms with Crippen LogP contribution in [0.2, 0.25) is 0 Å². The smallest absolute Gasteiger partial charge is 0.518 e. The van der Waals surface area contributed by atoms with E-state index >= 15 is 0 Å². The Morgan fingerprint density at radius 1 is 1.05 bits per heavy atom. The molecule has 4 nitrogen and oxygen atoms in total. The Hall–Kier alpha value is -0.790. The molecule has 0 unspecified atom stereocenters. The molecule has 4 fully saturated rings. The maximum atomic E-state index is 12.3. The average Bonchev–Trinajstić information content (AvgIpc) is 2.24. The Labute approximate surface area is 115 Å². The molecule has 0 spiro atoms. The minimum absolute atomic E-state index is 0.342. The molecule has 0 aliphatic heterocycles. The van der Waals surface area contributed by atoms with Crippen LogP contribution < -0.4 is 5.11 Å². The summed E-state index contributed by atoms with van der Waals surface area (Å²) in [5.74, 6) is -0.0501. The van der Waals surface area contributed by atoms with Crippen LogP contribution in [0.3, 0.4) is 0 Å². The van der Waals surface area contributed by atoms with Crippen LogP contribution in [0.25, 0.3) is 0 Å². The van der Waals surface area contributed by atoms with Gasteiger partial charge < -0.3 is 5.11 Å². The number of hydrogen-bond acceptors (Lipinski definition) is 3. The first kappa shape index (κ1) is 14.2. The summed E-state index contributed by atoms with van der Waals surface area (Å²) < 4.78 is 61.7. The van der Waals surface area contributed by atoms with Crippen LogP contribution in [-0.4, -0.2) is 19.8 Å². The number of alkyl halides is 3. The van der Waals surface area contributed by atoms with Crippen molar-refractivity contribution in [1.82, 2.24) is 0 Å². The predicted molar refractivity (Wildman–Crippen MR) is 63.0 cm³/mol. The first-order valence-electron chi connectivity index (χ1n) is 6.70. The summed E-state index contributed by atoms with van der Waals surface area (Å²) in [4.78, 5) is 0. The van der Waals surface area contributed by atoms with E-state index < -0.39 is 26.8 Å². The maximum Gasteiger partial charge on any atom is 0.518 e. The zero-order valence-electron chi connectivity index (χ0n) is 10.7. The number of nitrogens with zero attached hydrogens (tertiary/aromatic N) is 1. The van der Waals surface area contributed by atoms with Crippen molar-refractivity contribution < 1.29 is 26.7 Å². The first-order chi connectivity index (χ1) is 9.11. The van der Waals surface area contributed by atoms with Gasteiger partial charge in [0.15, 0.2) is 0 Å². The fourth-order valence-electron chi connectivity index (χ4n) is 4.63. The Morgan fingerprint density at radius 3 is 1.80 bits per heavy atom. The van der Waals surface area contributed by atoms with Gasteiger partial charge in [-0.15, -0.1) is 0 Å². The van der Waals surface area contributed by atoms with Crippen molar-refractivity contribution in [3.8, 4) is 0 Å². The molecule has 4 aliphatic carbocycles. The predicted octanol–water partition coefficient (Wildman–Crippen LogP) is 1.81. The van der Waals surface area contributed by atoms with E-state index in [9.17, 15) is 26.7 Å². The Balaban J connectivity index is 1.93. The van der Waals surface area contributed by atoms with Crippen LogP contribution >= 0.6 is 0 Å². The molecule has 0 aromatic carbocycles. The normalized spacial score (nSPS) is 41.1. The zero-order chi connectivity index (χ0) is 14.8. The fraction of sp³-hybridized carbons (Fsp3) is 0.917. The largest absolute Gasteiger partial charge is 0.861 e. The third kappa shape index (κ3) is 2.12. The van der Waals surface area contributed by atoms with Crippen LogP contribution in [0.4, 0.5) is 13.2 Å². The quantitative estimate of drug-likeness (QED) is 0.577. The summed E-state index contributed by atoms with van der Waals surface area (Å²) >= 11 is 0. The van der Waals surface area contributed by atoms with Gasteiger partial charge in [-0.05, 0) is 62.2 Å². The van der Waals surface area contributed by atoms with Gasteiger partial charge >= 0.3 is 15.5 Å². The van der Waals surface area contributed by atoms with E-state index in [1.54, 1.807) is 0 Å². The summed E-state index contributed by atoms with van der Waals surface area (Å²) in [5.41, 5.74) is -6.45. The molecule has 0 N–H and O–H groups in total. The molecule has 0 heterocycles. The summed E-state index contributed by atoms with van der Waals surface area (Å²) in [6.45, 7) is 0. The molecule has 4 saturated carbocycles. The molecule has 0 amide bonds. The number of rotatable bonds is 2. The zero-order valence-corrected chi connectivity index (χ0v) is 11.5. The Kier molecular flexibility index (Phi) is 2.91. The highest BCUT2D eigenvalue weighted by atomic mass is 32.2. The third-order valence-electron chi connectivity index (χ3n) is 4.99. The highest BCUT2D eigenvalue weighted by Crippen LogP contribution is 2.60. The van der Waals surface area contributed by atoms with Gasteiger partial charge in [0.05, 0.1) is 0 Å². The van der Waals surface area contributed by atoms with E-state index in [4.69, 9.17) is 0 Å². The molecule has 0 aromatic heterocycles. The SMILES string of the molecule is O=S(=O)(/N=C(\[O-])C12CC3CC(CC(C3)C1)C2)C(F)(F)F. The lowest BCUT2D eigenvalue weighted by molar-refractivity contribution is -0.241. The van der Waals surface area contributed by atoms with E-state index in [2.05, 4.69) is 4.40 Å². The van der Waals surface area contributed by atoms with Crippen molar-refractivity contribution >= 4 is 15.9 Å². The lowest BCUT2D eigenvalue weighted by Gasteiger charge is -2.58. The number of sulfonamides is 1. The topological polar surface area (TPSA) is 69.6 Å². The molecule has 0 radical (unpaired) electrons. The van der Waals surface area contributed by atoms with Gasteiger partial charge in [0.2, 0.25) is 0 Å². The molecule has 4 aliphatic rings. The van der Waals surface area contributed by atoms with Crippen molar-refractivity contribution in [1.29, 1.82) is 0 Å². The van der Waals surface area contributed by atoms with Crippen molar-refractivity contribution in [2.75, 3.05) is 0 Å². The van der Waals surface area contributed by atoms with Crippen LogP contribution in [0.1, 0.15) is 38.5 Å². The second-order valence-electron chi connectivity index (χ2n) is 6.52. The van der Waals surface area contributed by atoms with E-state index in [0.29, 0.717) is 37.0 Å². The molecular weight excluding hydrogens is 295 g/mol. The Morgan fingerprint density at radius 2 is 1.45 bits per heavy atom. The average molecular weight is 310 g/mol. The molecular formula is C12H15F3NO3S-. The minimum Gasteiger partial charge on any atom is -0.861 e. The lowest BCUT2D eigenvalue weighted by Crippen LogP contribution is -2.53. The van der Waals surface area contributed by atoms with E-state index in [1.165, 1.54) is 0 Å². The maximum absolute atomic E-state index is 12.3. The van der Waals surface area contributed by atoms with Gasteiger partial charge in [-0.2, -0.15) is 26.0 Å². The highest BCUT2D eigenvalue weighted by molar-refractivity contribution is 7.91. The van der Waals surface area contributed by atoms with Gasteiger partial charge in [0.1, 0.15) is 0 Å². The second kappa shape index (κ2) is 4.11. The van der Waals surface area contributed by atoms with Crippen molar-refractivity contribution in [3.63, 3.8) is 0 Å². The van der Waals surface area contributed by atoms with Crippen LogP contribution in [0.15, 0.2) is 4.40 Å². The van der Waals surface area contributed by atoms with Gasteiger partial charge in [-0.1, -0.05) is 0 Å². The molecule has 0 saturated heterocycles. The summed E-state index contributed by atoms with van der Waals surface area (Å²) in [6.07, 6.45) is 4.52. The monoisotopic (exact) mass is 310 g/mol. The van der Waals surface area contributed by atoms with E-state index in [-0.39, 0.29) is 0 Å². The Bertz CT molecular complexity index is 518. The molecule has 4 rings (SSSR count). The first-order valence-corrected chi connectivity index (χ1v) is 8.14. The molecule has 0 aromatic rings. The molecule has 20 heavy (non-hydrogen) atoms. The molecule has 8 heteroatoms. The lowest BCUT2D eigenvalue weighted by atomic mass is 9.49. The van der Waals surface area contributed by atoms with Gasteiger partial charge in [-0.3, -0.25) is 0 Å². The van der Waals surface area contributed by atoms with Crippen LogP contribution in [-0.2, 0) is 10.0 Å². The third-order valence-corrected chi connectivity index (χ3v) is 5.98. The van der Waals surface area contributed by atoms with Gasteiger partial charge in [-0.25, -0.2) is 0 Å². The molecule has 0 atom stereocenters. The number of halogens is 3. The fourth-order valence-corrected chi connectivity index (χ4v) is 5.15. The second-order valence-corrected chi connectivity index (χ2v) is 8.11. The van der Waals surface area contributed by atoms with Crippen molar-refractivity contribution in [3.05, 3.63) is 0 Å². The number of hydrogen-bond donors (Lipinski definition) is 0. The van der Waals surface area contributed by atoms with Gasteiger partial charge in [0.25, 0.3) is 0 Å². The minimum atomic E-state index is -5.72.